The van der Waals surface area contributed by atoms with E-state index in [1.165, 1.54) is 18.2 Å². The highest BCUT2D eigenvalue weighted by atomic mass is 35.5. The number of nitrogens with zero attached hydrogens (tertiary/aromatic N) is 1. The molecule has 1 saturated heterocycles. The smallest absolute Gasteiger partial charge is 0.345 e. The maximum atomic E-state index is 13.0. The van der Waals surface area contributed by atoms with Gasteiger partial charge in [0.05, 0.1) is 22.0 Å². The number of esters is 1. The van der Waals surface area contributed by atoms with Crippen molar-refractivity contribution < 1.29 is 28.6 Å². The number of amides is 2. The zero-order valence-corrected chi connectivity index (χ0v) is 21.2. The van der Waals surface area contributed by atoms with Gasteiger partial charge in [-0.05, 0) is 65.4 Å². The van der Waals surface area contributed by atoms with Gasteiger partial charge >= 0.3 is 5.97 Å². The van der Waals surface area contributed by atoms with Gasteiger partial charge in [0.2, 0.25) is 6.79 Å². The highest BCUT2D eigenvalue weighted by molar-refractivity contribution is 8.18. The van der Waals surface area contributed by atoms with Crippen molar-refractivity contribution in [1.29, 1.82) is 0 Å². The molecule has 7 nitrogen and oxygen atoms in total. The monoisotopic (exact) mass is 561 g/mol. The highest BCUT2D eigenvalue weighted by Crippen LogP contribution is 2.39. The molecule has 0 spiro atoms. The quantitative estimate of drug-likeness (QED) is 0.191. The van der Waals surface area contributed by atoms with Gasteiger partial charge in [-0.25, -0.2) is 4.79 Å². The first-order valence-corrected chi connectivity index (χ1v) is 12.3. The fourth-order valence-corrected chi connectivity index (χ4v) is 5.06. The van der Waals surface area contributed by atoms with Gasteiger partial charge in [0, 0.05) is 16.1 Å². The van der Waals surface area contributed by atoms with Crippen LogP contribution < -0.4 is 14.2 Å². The number of fused-ring (bicyclic) bond motifs is 1. The van der Waals surface area contributed by atoms with Crippen molar-refractivity contribution in [3.05, 3.63) is 91.3 Å². The zero-order valence-electron chi connectivity index (χ0n) is 18.1. The van der Waals surface area contributed by atoms with Crippen LogP contribution in [0.1, 0.15) is 21.5 Å². The number of hydrogen-bond acceptors (Lipinski definition) is 7. The average Bonchev–Trinajstić information content (AvgIpc) is 3.38. The second kappa shape index (κ2) is 10.1. The third-order valence-corrected chi connectivity index (χ3v) is 7.07. The van der Waals surface area contributed by atoms with E-state index in [2.05, 4.69) is 0 Å². The van der Waals surface area contributed by atoms with Gasteiger partial charge in [0.1, 0.15) is 5.75 Å². The van der Waals surface area contributed by atoms with Crippen LogP contribution in [0, 0.1) is 0 Å². The van der Waals surface area contributed by atoms with Crippen LogP contribution in [0.3, 0.4) is 0 Å². The van der Waals surface area contributed by atoms with Crippen LogP contribution in [0.2, 0.25) is 15.1 Å². The van der Waals surface area contributed by atoms with Gasteiger partial charge < -0.3 is 14.2 Å². The lowest BCUT2D eigenvalue weighted by Gasteiger charge is -2.14. The molecule has 0 unspecified atom stereocenters. The lowest BCUT2D eigenvalue weighted by atomic mass is 10.1. The Kier molecular flexibility index (Phi) is 6.85. The lowest BCUT2D eigenvalue weighted by Crippen LogP contribution is -2.27. The van der Waals surface area contributed by atoms with Crippen molar-refractivity contribution in [2.75, 3.05) is 6.79 Å². The van der Waals surface area contributed by atoms with Crippen molar-refractivity contribution in [1.82, 2.24) is 4.90 Å². The molecular weight excluding hydrogens is 549 g/mol. The largest absolute Gasteiger partial charge is 0.454 e. The summed E-state index contributed by atoms with van der Waals surface area (Å²) in [6, 6.07) is 14.2. The van der Waals surface area contributed by atoms with Crippen molar-refractivity contribution in [2.24, 2.45) is 0 Å². The maximum absolute atomic E-state index is 13.0. The molecule has 0 radical (unpaired) electrons. The lowest BCUT2D eigenvalue weighted by molar-refractivity contribution is -0.123. The first kappa shape index (κ1) is 24.5. The van der Waals surface area contributed by atoms with Crippen LogP contribution in [-0.4, -0.2) is 28.8 Å². The van der Waals surface area contributed by atoms with E-state index in [1.54, 1.807) is 42.5 Å². The Bertz CT molecular complexity index is 1460. The molecule has 36 heavy (non-hydrogen) atoms. The van der Waals surface area contributed by atoms with E-state index < -0.39 is 17.1 Å². The minimum absolute atomic E-state index is 0.0169. The maximum Gasteiger partial charge on any atom is 0.345 e. The van der Waals surface area contributed by atoms with Gasteiger partial charge in [0.15, 0.2) is 11.5 Å². The van der Waals surface area contributed by atoms with Crippen molar-refractivity contribution in [3.8, 4) is 17.2 Å². The van der Waals surface area contributed by atoms with Crippen LogP contribution >= 0.6 is 46.6 Å². The molecule has 3 aromatic carbocycles. The molecule has 2 aliphatic rings. The van der Waals surface area contributed by atoms with E-state index >= 15 is 0 Å². The summed E-state index contributed by atoms with van der Waals surface area (Å²) >= 11 is 19.1. The molecule has 3 aromatic rings. The summed E-state index contributed by atoms with van der Waals surface area (Å²) in [5.74, 6) is 0.134. The Morgan fingerprint density at radius 2 is 1.78 bits per heavy atom. The number of thioether (sulfide) groups is 1. The second-order valence-corrected chi connectivity index (χ2v) is 9.89. The van der Waals surface area contributed by atoms with Crippen LogP contribution in [0.15, 0.2) is 59.5 Å². The van der Waals surface area contributed by atoms with Crippen LogP contribution in [0.25, 0.3) is 6.08 Å². The van der Waals surface area contributed by atoms with Crippen LogP contribution in [0.5, 0.6) is 17.2 Å². The summed E-state index contributed by atoms with van der Waals surface area (Å²) in [5, 5.41) is 0.491. The minimum atomic E-state index is -0.658. The molecule has 0 aromatic heterocycles. The molecule has 182 valence electrons. The molecule has 0 aliphatic carbocycles. The molecule has 2 aliphatic heterocycles. The van der Waals surface area contributed by atoms with E-state index in [1.807, 2.05) is 0 Å². The molecule has 1 fully saturated rings. The van der Waals surface area contributed by atoms with E-state index in [4.69, 9.17) is 49.0 Å². The Morgan fingerprint density at radius 1 is 1.00 bits per heavy atom. The van der Waals surface area contributed by atoms with Crippen LogP contribution in [0.4, 0.5) is 4.79 Å². The summed E-state index contributed by atoms with van der Waals surface area (Å²) in [4.78, 5) is 39.4. The fraction of sp³-hybridized carbons (Fsp3) is 0.0800. The predicted octanol–water partition coefficient (Wildman–Crippen LogP) is 6.83. The average molecular weight is 563 g/mol. The molecule has 0 atom stereocenters. The number of ether oxygens (including phenoxy) is 3. The van der Waals surface area contributed by atoms with Gasteiger partial charge in [0.25, 0.3) is 11.1 Å². The van der Waals surface area contributed by atoms with Gasteiger partial charge in [-0.3, -0.25) is 14.5 Å². The highest BCUT2D eigenvalue weighted by Gasteiger charge is 2.35. The molecule has 11 heteroatoms. The first-order valence-electron chi connectivity index (χ1n) is 10.4. The van der Waals surface area contributed by atoms with Crippen LogP contribution in [-0.2, 0) is 11.3 Å². The normalized spacial score (nSPS) is 15.6. The number of imide groups is 1. The molecule has 0 N–H and O–H groups in total. The van der Waals surface area contributed by atoms with Crippen molar-refractivity contribution >= 4 is 69.8 Å². The second-order valence-electron chi connectivity index (χ2n) is 7.65. The van der Waals surface area contributed by atoms with Gasteiger partial charge in [-0.2, -0.15) is 0 Å². The number of hydrogen-bond donors (Lipinski definition) is 0. The number of rotatable bonds is 5. The Labute approximate surface area is 224 Å². The van der Waals surface area contributed by atoms with E-state index in [9.17, 15) is 14.4 Å². The van der Waals surface area contributed by atoms with E-state index in [-0.39, 0.29) is 34.6 Å². The summed E-state index contributed by atoms with van der Waals surface area (Å²) in [5.41, 5.74) is 1.28. The number of carbonyl (C=O) groups excluding carboxylic acids is 3. The predicted molar refractivity (Wildman–Crippen MR) is 137 cm³/mol. The SMILES string of the molecule is O=C(Oc1cccc(/C=C2\SC(=O)N(Cc3cc4c(cc3Cl)OCO4)C2=O)c1)c1ccc(Cl)cc1Cl. The Balaban J connectivity index is 1.32. The molecule has 2 heterocycles. The summed E-state index contributed by atoms with van der Waals surface area (Å²) in [6.07, 6.45) is 1.55. The van der Waals surface area contributed by atoms with Gasteiger partial charge in [-0.1, -0.05) is 46.9 Å². The summed E-state index contributed by atoms with van der Waals surface area (Å²) in [7, 11) is 0. The molecule has 2 amide bonds. The fourth-order valence-electron chi connectivity index (χ4n) is 3.52. The third-order valence-electron chi connectivity index (χ3n) is 5.26. The standard InChI is InChI=1S/C25H14Cl3NO6S/c26-15-4-5-17(19(28)9-15)24(31)35-16-3-1-2-13(6-16)7-22-23(30)29(25(32)36-22)11-14-8-20-21(10-18(14)27)34-12-33-20/h1-10H,11-12H2/b22-7-. The van der Waals surface area contributed by atoms with Crippen molar-refractivity contribution in [2.45, 2.75) is 6.54 Å². The summed E-state index contributed by atoms with van der Waals surface area (Å²) in [6.45, 7) is 0.0670. The molecule has 0 bridgehead atoms. The number of halogens is 3. The Morgan fingerprint density at radius 3 is 2.56 bits per heavy atom. The number of benzene rings is 3. The van der Waals surface area contributed by atoms with E-state index in [0.29, 0.717) is 32.7 Å². The number of carbonyl (C=O) groups is 3. The van der Waals surface area contributed by atoms with Gasteiger partial charge in [-0.15, -0.1) is 0 Å². The molecule has 5 rings (SSSR count). The van der Waals surface area contributed by atoms with Crippen molar-refractivity contribution in [3.63, 3.8) is 0 Å². The minimum Gasteiger partial charge on any atom is -0.454 e. The van der Waals surface area contributed by atoms with E-state index in [0.717, 1.165) is 16.7 Å². The Hall–Kier alpha value is -3.17. The molecular formula is C25H14Cl3NO6S. The first-order chi connectivity index (χ1) is 17.3. The summed E-state index contributed by atoms with van der Waals surface area (Å²) < 4.78 is 16.1. The third kappa shape index (κ3) is 5.03. The topological polar surface area (TPSA) is 82.1 Å². The zero-order chi connectivity index (χ0) is 25.4. The molecule has 0 saturated carbocycles.